The van der Waals surface area contributed by atoms with Gasteiger partial charge in [-0.15, -0.1) is 0 Å². The van der Waals surface area contributed by atoms with Crippen LogP contribution in [-0.4, -0.2) is 61.2 Å². The molecule has 1 fully saturated rings. The zero-order chi connectivity index (χ0) is 18.8. The molecule has 0 unspecified atom stereocenters. The van der Waals surface area contributed by atoms with Crippen molar-refractivity contribution in [3.63, 3.8) is 0 Å². The van der Waals surface area contributed by atoms with Crippen LogP contribution in [0.15, 0.2) is 36.5 Å². The third-order valence-electron chi connectivity index (χ3n) is 4.59. The number of benzene rings is 1. The van der Waals surface area contributed by atoms with E-state index in [1.807, 2.05) is 17.0 Å². The highest BCUT2D eigenvalue weighted by atomic mass is 32.1. The van der Waals surface area contributed by atoms with Crippen molar-refractivity contribution in [2.45, 2.75) is 0 Å². The Morgan fingerprint density at radius 3 is 2.41 bits per heavy atom. The van der Waals surface area contributed by atoms with Gasteiger partial charge in [0.15, 0.2) is 5.13 Å². The summed E-state index contributed by atoms with van der Waals surface area (Å²) in [6.45, 7) is 2.77. The molecular weight excluding hydrogens is 364 g/mol. The molecule has 4 rings (SSSR count). The summed E-state index contributed by atoms with van der Waals surface area (Å²) in [5.41, 5.74) is 1.49. The van der Waals surface area contributed by atoms with Crippen molar-refractivity contribution in [1.29, 1.82) is 0 Å². The fourth-order valence-electron chi connectivity index (χ4n) is 3.11. The van der Waals surface area contributed by atoms with E-state index in [0.29, 0.717) is 30.2 Å². The number of nitrogens with zero attached hydrogens (tertiary/aromatic N) is 4. The number of ether oxygens (including phenoxy) is 2. The van der Waals surface area contributed by atoms with Crippen molar-refractivity contribution in [3.05, 3.63) is 42.1 Å². The number of fused-ring (bicyclic) bond motifs is 1. The second-order valence-electron chi connectivity index (χ2n) is 6.20. The lowest BCUT2D eigenvalue weighted by molar-refractivity contribution is 0.0746. The van der Waals surface area contributed by atoms with Crippen molar-refractivity contribution in [2.75, 3.05) is 45.3 Å². The van der Waals surface area contributed by atoms with Gasteiger partial charge in [-0.1, -0.05) is 11.3 Å². The summed E-state index contributed by atoms with van der Waals surface area (Å²) in [7, 11) is 3.16. The summed E-state index contributed by atoms with van der Waals surface area (Å²) >= 11 is 1.59. The summed E-state index contributed by atoms with van der Waals surface area (Å²) < 4.78 is 10.5. The number of carbonyl (C=O) groups excluding carboxylic acids is 1. The van der Waals surface area contributed by atoms with Crippen molar-refractivity contribution in [3.8, 4) is 11.5 Å². The van der Waals surface area contributed by atoms with Gasteiger partial charge in [-0.05, 0) is 24.3 Å². The van der Waals surface area contributed by atoms with Gasteiger partial charge in [-0.3, -0.25) is 4.79 Å². The molecule has 1 aromatic carbocycles. The zero-order valence-electron chi connectivity index (χ0n) is 15.2. The van der Waals surface area contributed by atoms with Crippen molar-refractivity contribution >= 4 is 32.7 Å². The van der Waals surface area contributed by atoms with Gasteiger partial charge in [0.1, 0.15) is 21.8 Å². The van der Waals surface area contributed by atoms with Gasteiger partial charge in [0.2, 0.25) is 0 Å². The number of amides is 1. The molecule has 27 heavy (non-hydrogen) atoms. The first-order chi connectivity index (χ1) is 13.2. The number of carbonyl (C=O) groups is 1. The molecule has 7 nitrogen and oxygen atoms in total. The van der Waals surface area contributed by atoms with Gasteiger partial charge in [-0.2, -0.15) is 0 Å². The van der Waals surface area contributed by atoms with Gasteiger partial charge in [-0.25, -0.2) is 9.97 Å². The number of aromatic nitrogens is 2. The summed E-state index contributed by atoms with van der Waals surface area (Å²) in [6.07, 6.45) is 1.78. The summed E-state index contributed by atoms with van der Waals surface area (Å²) in [4.78, 5) is 26.9. The SMILES string of the molecule is COc1cc(OC)cc(C(=O)N2CCN(c3nc4cccnc4s3)CC2)c1. The first-order valence-electron chi connectivity index (χ1n) is 8.67. The number of hydrogen-bond acceptors (Lipinski definition) is 7. The first-order valence-corrected chi connectivity index (χ1v) is 9.48. The van der Waals surface area contributed by atoms with Gasteiger partial charge in [0.05, 0.1) is 14.2 Å². The minimum Gasteiger partial charge on any atom is -0.497 e. The molecule has 3 aromatic rings. The third-order valence-corrected chi connectivity index (χ3v) is 5.63. The molecule has 0 radical (unpaired) electrons. The highest BCUT2D eigenvalue weighted by molar-refractivity contribution is 7.21. The number of thiazole rings is 1. The molecule has 1 amide bonds. The Kier molecular flexibility index (Phi) is 4.81. The molecule has 8 heteroatoms. The minimum absolute atomic E-state index is 0.0159. The predicted octanol–water partition coefficient (Wildman–Crippen LogP) is 2.67. The van der Waals surface area contributed by atoms with Crippen molar-refractivity contribution < 1.29 is 14.3 Å². The molecule has 1 aliphatic heterocycles. The van der Waals surface area contributed by atoms with E-state index in [2.05, 4.69) is 14.9 Å². The fourth-order valence-corrected chi connectivity index (χ4v) is 4.07. The predicted molar refractivity (Wildman–Crippen MR) is 105 cm³/mol. The molecule has 0 saturated carbocycles. The molecule has 0 N–H and O–H groups in total. The molecule has 3 heterocycles. The fraction of sp³-hybridized carbons (Fsp3) is 0.316. The quantitative estimate of drug-likeness (QED) is 0.689. The highest BCUT2D eigenvalue weighted by Gasteiger charge is 2.24. The van der Waals surface area contributed by atoms with Crippen molar-refractivity contribution in [2.24, 2.45) is 0 Å². The van der Waals surface area contributed by atoms with Gasteiger partial charge in [0.25, 0.3) is 5.91 Å². The lowest BCUT2D eigenvalue weighted by Gasteiger charge is -2.34. The minimum atomic E-state index is -0.0159. The summed E-state index contributed by atoms with van der Waals surface area (Å²) in [6, 6.07) is 9.12. The third kappa shape index (κ3) is 3.52. The average Bonchev–Trinajstić information content (AvgIpc) is 3.17. The number of anilines is 1. The molecule has 1 saturated heterocycles. The standard InChI is InChI=1S/C19H20N4O3S/c1-25-14-10-13(11-15(12-14)26-2)18(24)22-6-8-23(9-7-22)19-21-16-4-3-5-20-17(16)27-19/h3-5,10-12H,6-9H2,1-2H3. The van der Waals surface area contributed by atoms with Crippen LogP contribution in [-0.2, 0) is 0 Å². The van der Waals surface area contributed by atoms with Gasteiger partial charge >= 0.3 is 0 Å². The maximum Gasteiger partial charge on any atom is 0.254 e. The molecule has 2 aromatic heterocycles. The maximum absolute atomic E-state index is 12.9. The van der Waals surface area contributed by atoms with Crippen molar-refractivity contribution in [1.82, 2.24) is 14.9 Å². The Bertz CT molecular complexity index is 911. The van der Waals surface area contributed by atoms with E-state index in [0.717, 1.165) is 28.6 Å². The second kappa shape index (κ2) is 7.40. The van der Waals surface area contributed by atoms with E-state index in [1.165, 1.54) is 0 Å². The number of rotatable bonds is 4. The van der Waals surface area contributed by atoms with Crippen LogP contribution in [0, 0.1) is 0 Å². The molecular formula is C19H20N4O3S. The summed E-state index contributed by atoms with van der Waals surface area (Å²) in [5.74, 6) is 1.20. The van der Waals surface area contributed by atoms with Gasteiger partial charge < -0.3 is 19.3 Å². The van der Waals surface area contributed by atoms with Crippen LogP contribution in [0.1, 0.15) is 10.4 Å². The van der Waals surface area contributed by atoms with E-state index in [-0.39, 0.29) is 5.91 Å². The number of pyridine rings is 1. The van der Waals surface area contributed by atoms with Crippen LogP contribution in [0.2, 0.25) is 0 Å². The monoisotopic (exact) mass is 384 g/mol. The van der Waals surface area contributed by atoms with E-state index >= 15 is 0 Å². The van der Waals surface area contributed by atoms with Crippen LogP contribution >= 0.6 is 11.3 Å². The van der Waals surface area contributed by atoms with Gasteiger partial charge in [0, 0.05) is 44.0 Å². The second-order valence-corrected chi connectivity index (χ2v) is 7.16. The van der Waals surface area contributed by atoms with Crippen LogP contribution in [0.3, 0.4) is 0 Å². The molecule has 140 valence electrons. The Morgan fingerprint density at radius 2 is 1.78 bits per heavy atom. The number of methoxy groups -OCH3 is 2. The van der Waals surface area contributed by atoms with E-state index in [1.54, 1.807) is 50.0 Å². The average molecular weight is 384 g/mol. The topological polar surface area (TPSA) is 67.8 Å². The van der Waals surface area contributed by atoms with Crippen LogP contribution in [0.5, 0.6) is 11.5 Å². The normalized spacial score (nSPS) is 14.4. The first kappa shape index (κ1) is 17.5. The van der Waals surface area contributed by atoms with Crippen LogP contribution in [0.25, 0.3) is 10.3 Å². The smallest absolute Gasteiger partial charge is 0.254 e. The largest absolute Gasteiger partial charge is 0.497 e. The molecule has 1 aliphatic rings. The van der Waals surface area contributed by atoms with Crippen LogP contribution < -0.4 is 14.4 Å². The van der Waals surface area contributed by atoms with E-state index in [4.69, 9.17) is 9.47 Å². The Labute approximate surface area is 161 Å². The molecule has 0 spiro atoms. The van der Waals surface area contributed by atoms with Crippen LogP contribution in [0.4, 0.5) is 5.13 Å². The Morgan fingerprint density at radius 1 is 1.07 bits per heavy atom. The Balaban J connectivity index is 1.46. The number of hydrogen-bond donors (Lipinski definition) is 0. The number of piperazine rings is 1. The Hall–Kier alpha value is -2.87. The lowest BCUT2D eigenvalue weighted by Crippen LogP contribution is -2.48. The summed E-state index contributed by atoms with van der Waals surface area (Å²) in [5, 5.41) is 0.957. The van der Waals surface area contributed by atoms with E-state index in [9.17, 15) is 4.79 Å². The van der Waals surface area contributed by atoms with E-state index < -0.39 is 0 Å². The lowest BCUT2D eigenvalue weighted by atomic mass is 10.1. The zero-order valence-corrected chi connectivity index (χ0v) is 16.0. The maximum atomic E-state index is 12.9. The highest BCUT2D eigenvalue weighted by Crippen LogP contribution is 2.28. The molecule has 0 aliphatic carbocycles. The molecule has 0 atom stereocenters. The molecule has 0 bridgehead atoms.